The molecule has 3 unspecified atom stereocenters. The molecule has 3 fully saturated rings. The highest BCUT2D eigenvalue weighted by atomic mass is 16.5. The summed E-state index contributed by atoms with van der Waals surface area (Å²) >= 11 is 0. The summed E-state index contributed by atoms with van der Waals surface area (Å²) in [7, 11) is 0. The Morgan fingerprint density at radius 3 is 1.41 bits per heavy atom. The second-order valence-corrected chi connectivity index (χ2v) is 13.2. The zero-order chi connectivity index (χ0) is 27.8. The van der Waals surface area contributed by atoms with Crippen LogP contribution >= 0.6 is 0 Å². The predicted octanol–water partition coefficient (Wildman–Crippen LogP) is 6.85. The van der Waals surface area contributed by atoms with Gasteiger partial charge < -0.3 is 9.47 Å². The number of hydrogen-bond acceptors (Lipinski definition) is 4. The molecule has 5 aliphatic carbocycles. The summed E-state index contributed by atoms with van der Waals surface area (Å²) in [5, 5.41) is 0. The maximum absolute atomic E-state index is 13.5. The van der Waals surface area contributed by atoms with Gasteiger partial charge in [0.15, 0.2) is 0 Å². The van der Waals surface area contributed by atoms with Crippen LogP contribution in [0.1, 0.15) is 43.2 Å². The van der Waals surface area contributed by atoms with Crippen LogP contribution in [-0.2, 0) is 31.9 Å². The van der Waals surface area contributed by atoms with Crippen molar-refractivity contribution < 1.29 is 19.1 Å². The van der Waals surface area contributed by atoms with Gasteiger partial charge in [0.05, 0.1) is 25.0 Å². The first-order valence-corrected chi connectivity index (χ1v) is 15.9. The van der Waals surface area contributed by atoms with E-state index in [-0.39, 0.29) is 23.8 Å². The maximum atomic E-state index is 13.5. The minimum atomic E-state index is -0.0109. The third-order valence-corrected chi connectivity index (χ3v) is 11.1. The Hall–Kier alpha value is -3.14. The number of allylic oxidation sites excluding steroid dienone is 4. The van der Waals surface area contributed by atoms with Gasteiger partial charge >= 0.3 is 11.9 Å². The normalized spacial score (nSPS) is 36.2. The van der Waals surface area contributed by atoms with Crippen LogP contribution in [0.25, 0.3) is 0 Å². The van der Waals surface area contributed by atoms with Gasteiger partial charge in [-0.05, 0) is 90.6 Å². The van der Waals surface area contributed by atoms with E-state index in [2.05, 4.69) is 48.6 Å². The van der Waals surface area contributed by atoms with Crippen LogP contribution in [0.4, 0.5) is 0 Å². The SMILES string of the molecule is O=C(OCCc1ccccc1)C1[C@H](C2CCC([C@@H]3[C@@H](C(=O)OCCc4ccccc4)[C@H]4C=C[C@@H]3C4)C2)[C@H]2C=C[C@@H]1C2. The van der Waals surface area contributed by atoms with Crippen LogP contribution in [0.5, 0.6) is 0 Å². The smallest absolute Gasteiger partial charge is 0.309 e. The molecule has 0 amide bonds. The van der Waals surface area contributed by atoms with Crippen molar-refractivity contribution in [3.05, 3.63) is 96.1 Å². The van der Waals surface area contributed by atoms with Crippen molar-refractivity contribution in [2.45, 2.75) is 44.9 Å². The van der Waals surface area contributed by atoms with Gasteiger partial charge in [-0.1, -0.05) is 85.0 Å². The molecule has 4 nitrogen and oxygen atoms in total. The van der Waals surface area contributed by atoms with Crippen LogP contribution in [0.15, 0.2) is 85.0 Å². The predicted molar refractivity (Wildman–Crippen MR) is 158 cm³/mol. The lowest BCUT2D eigenvalue weighted by atomic mass is 9.71. The third kappa shape index (κ3) is 5.31. The van der Waals surface area contributed by atoms with E-state index in [9.17, 15) is 9.59 Å². The molecule has 4 heteroatoms. The van der Waals surface area contributed by atoms with Crippen molar-refractivity contribution in [1.82, 2.24) is 0 Å². The summed E-state index contributed by atoms with van der Waals surface area (Å²) in [6.45, 7) is 0.901. The summed E-state index contributed by atoms with van der Waals surface area (Å²) in [6, 6.07) is 20.5. The number of carbonyl (C=O) groups is 2. The van der Waals surface area contributed by atoms with E-state index < -0.39 is 0 Å². The summed E-state index contributed by atoms with van der Waals surface area (Å²) in [4.78, 5) is 26.9. The molecule has 2 aromatic carbocycles. The van der Waals surface area contributed by atoms with Crippen molar-refractivity contribution in [2.24, 2.45) is 59.2 Å². The topological polar surface area (TPSA) is 52.6 Å². The Balaban J connectivity index is 0.981. The van der Waals surface area contributed by atoms with Crippen LogP contribution < -0.4 is 0 Å². The standard InChI is InChI=1S/C37H42O4/c38-36(40-19-17-24-7-3-1-4-8-24)34-30-15-13-28(22-30)32(34)26-11-12-27(21-26)33-29-14-16-31(23-29)35(33)37(39)41-20-18-25-9-5-2-6-10-25/h1-10,13-16,26-35H,11-12,17-23H2/t26?,27?,28-,29+,30+,31-,32+,33-,34+,35?/m1/s1. The van der Waals surface area contributed by atoms with E-state index >= 15 is 0 Å². The molecule has 2 aromatic rings. The minimum absolute atomic E-state index is 0.00829. The van der Waals surface area contributed by atoms with Crippen LogP contribution in [-0.4, -0.2) is 25.2 Å². The molecule has 4 bridgehead atoms. The highest BCUT2D eigenvalue weighted by Gasteiger charge is 2.56. The first-order valence-electron chi connectivity index (χ1n) is 15.9. The first kappa shape index (κ1) is 26.7. The Bertz CT molecular complexity index is 1180. The average Bonchev–Trinajstić information content (AvgIpc) is 3.84. The highest BCUT2D eigenvalue weighted by Crippen LogP contribution is 2.60. The average molecular weight is 551 g/mol. The number of hydrogen-bond donors (Lipinski definition) is 0. The molecule has 0 aliphatic heterocycles. The second-order valence-electron chi connectivity index (χ2n) is 13.2. The maximum Gasteiger partial charge on any atom is 0.309 e. The lowest BCUT2D eigenvalue weighted by Gasteiger charge is -2.34. The van der Waals surface area contributed by atoms with Gasteiger partial charge in [0.25, 0.3) is 0 Å². The molecule has 0 saturated heterocycles. The molecular formula is C37H42O4. The number of carbonyl (C=O) groups excluding carboxylic acids is 2. The Morgan fingerprint density at radius 1 is 0.561 bits per heavy atom. The van der Waals surface area contributed by atoms with Gasteiger partial charge in [-0.2, -0.15) is 0 Å². The zero-order valence-corrected chi connectivity index (χ0v) is 23.9. The Kier molecular flexibility index (Phi) is 7.58. The highest BCUT2D eigenvalue weighted by molar-refractivity contribution is 5.75. The molecule has 214 valence electrons. The van der Waals surface area contributed by atoms with Crippen LogP contribution in [0.3, 0.4) is 0 Å². The van der Waals surface area contributed by atoms with Crippen LogP contribution in [0.2, 0.25) is 0 Å². The third-order valence-electron chi connectivity index (χ3n) is 11.1. The molecule has 3 saturated carbocycles. The van der Waals surface area contributed by atoms with E-state index in [0.29, 0.717) is 60.6 Å². The molecule has 10 atom stereocenters. The van der Waals surface area contributed by atoms with Crippen molar-refractivity contribution in [3.63, 3.8) is 0 Å². The Morgan fingerprint density at radius 2 is 0.976 bits per heavy atom. The Labute approximate surface area is 244 Å². The number of rotatable bonds is 10. The number of ether oxygens (including phenoxy) is 2. The fourth-order valence-corrected chi connectivity index (χ4v) is 9.44. The van der Waals surface area contributed by atoms with E-state index in [1.807, 2.05) is 36.4 Å². The monoisotopic (exact) mass is 550 g/mol. The number of fused-ring (bicyclic) bond motifs is 4. The van der Waals surface area contributed by atoms with Crippen molar-refractivity contribution in [1.29, 1.82) is 0 Å². The van der Waals surface area contributed by atoms with Gasteiger partial charge in [-0.15, -0.1) is 0 Å². The van der Waals surface area contributed by atoms with Gasteiger partial charge in [-0.3, -0.25) is 9.59 Å². The second kappa shape index (κ2) is 11.6. The van der Waals surface area contributed by atoms with Crippen molar-refractivity contribution in [2.75, 3.05) is 13.2 Å². The molecular weight excluding hydrogens is 508 g/mol. The van der Waals surface area contributed by atoms with E-state index in [4.69, 9.17) is 9.47 Å². The molecule has 0 N–H and O–H groups in total. The van der Waals surface area contributed by atoms with Crippen molar-refractivity contribution >= 4 is 11.9 Å². The summed E-state index contributed by atoms with van der Waals surface area (Å²) in [6.07, 6.45) is 16.5. The first-order chi connectivity index (χ1) is 20.2. The quantitative estimate of drug-likeness (QED) is 0.240. The molecule has 0 aromatic heterocycles. The molecule has 5 aliphatic rings. The number of esters is 2. The lowest BCUT2D eigenvalue weighted by molar-refractivity contribution is -0.152. The summed E-state index contributed by atoms with van der Waals surface area (Å²) in [5.74, 6) is 3.46. The molecule has 41 heavy (non-hydrogen) atoms. The van der Waals surface area contributed by atoms with Gasteiger partial charge in [0.1, 0.15) is 0 Å². The van der Waals surface area contributed by atoms with Gasteiger partial charge in [0, 0.05) is 12.8 Å². The minimum Gasteiger partial charge on any atom is -0.465 e. The number of benzene rings is 2. The molecule has 7 rings (SSSR count). The van der Waals surface area contributed by atoms with Crippen molar-refractivity contribution in [3.8, 4) is 0 Å². The van der Waals surface area contributed by atoms with Crippen LogP contribution in [0, 0.1) is 59.2 Å². The lowest BCUT2D eigenvalue weighted by Crippen LogP contribution is -2.35. The van der Waals surface area contributed by atoms with E-state index in [1.54, 1.807) is 0 Å². The fraction of sp³-hybridized carbons (Fsp3) is 0.514. The van der Waals surface area contributed by atoms with E-state index in [0.717, 1.165) is 44.9 Å². The molecule has 0 spiro atoms. The van der Waals surface area contributed by atoms with E-state index in [1.165, 1.54) is 11.1 Å². The molecule has 0 heterocycles. The van der Waals surface area contributed by atoms with Gasteiger partial charge in [0.2, 0.25) is 0 Å². The van der Waals surface area contributed by atoms with Gasteiger partial charge in [-0.25, -0.2) is 0 Å². The molecule has 0 radical (unpaired) electrons. The summed E-state index contributed by atoms with van der Waals surface area (Å²) < 4.78 is 11.8. The largest absolute Gasteiger partial charge is 0.465 e. The summed E-state index contributed by atoms with van der Waals surface area (Å²) in [5.41, 5.74) is 2.41. The fourth-order valence-electron chi connectivity index (χ4n) is 9.44. The zero-order valence-electron chi connectivity index (χ0n) is 23.9.